The van der Waals surface area contributed by atoms with E-state index in [2.05, 4.69) is 5.32 Å². The van der Waals surface area contributed by atoms with E-state index in [-0.39, 0.29) is 0 Å². The van der Waals surface area contributed by atoms with E-state index in [4.69, 9.17) is 9.15 Å². The molecule has 21 heavy (non-hydrogen) atoms. The summed E-state index contributed by atoms with van der Waals surface area (Å²) in [4.78, 5) is 0. The van der Waals surface area contributed by atoms with Gasteiger partial charge in [0, 0.05) is 12.6 Å². The van der Waals surface area contributed by atoms with Gasteiger partial charge in [0.2, 0.25) is 0 Å². The lowest BCUT2D eigenvalue weighted by molar-refractivity contribution is 0.104. The summed E-state index contributed by atoms with van der Waals surface area (Å²) >= 11 is 0. The van der Waals surface area contributed by atoms with E-state index in [0.717, 1.165) is 22.5 Å². The Labute approximate surface area is 125 Å². The fourth-order valence-corrected chi connectivity index (χ4v) is 2.96. The van der Waals surface area contributed by atoms with Gasteiger partial charge in [0.15, 0.2) is 0 Å². The molecule has 2 N–H and O–H groups in total. The van der Waals surface area contributed by atoms with Crippen LogP contribution in [0.25, 0.3) is 11.0 Å². The van der Waals surface area contributed by atoms with Gasteiger partial charge in [0.25, 0.3) is 0 Å². The molecule has 1 aliphatic rings. The maximum absolute atomic E-state index is 10.0. The van der Waals surface area contributed by atoms with Crippen molar-refractivity contribution in [2.75, 3.05) is 13.2 Å². The number of hydrogen-bond acceptors (Lipinski definition) is 4. The molecule has 1 atom stereocenters. The maximum atomic E-state index is 10.0. The summed E-state index contributed by atoms with van der Waals surface area (Å²) in [5.41, 5.74) is 0.823. The summed E-state index contributed by atoms with van der Waals surface area (Å²) in [6, 6.07) is 8.28. The third kappa shape index (κ3) is 3.57. The Morgan fingerprint density at radius 2 is 2.19 bits per heavy atom. The quantitative estimate of drug-likeness (QED) is 0.858. The van der Waals surface area contributed by atoms with Crippen molar-refractivity contribution < 1.29 is 14.3 Å². The van der Waals surface area contributed by atoms with Gasteiger partial charge in [-0.1, -0.05) is 18.9 Å². The van der Waals surface area contributed by atoms with Crippen LogP contribution in [0.4, 0.5) is 0 Å². The number of benzene rings is 1. The summed E-state index contributed by atoms with van der Waals surface area (Å²) in [5, 5.41) is 14.4. The van der Waals surface area contributed by atoms with Crippen LogP contribution in [-0.4, -0.2) is 30.4 Å². The maximum Gasteiger partial charge on any atom is 0.137 e. The van der Waals surface area contributed by atoms with Crippen molar-refractivity contribution in [1.29, 1.82) is 0 Å². The van der Waals surface area contributed by atoms with Crippen molar-refractivity contribution in [1.82, 2.24) is 5.32 Å². The Kier molecular flexibility index (Phi) is 4.46. The number of nitrogens with one attached hydrogen (secondary N) is 1. The highest BCUT2D eigenvalue weighted by atomic mass is 16.5. The van der Waals surface area contributed by atoms with Crippen LogP contribution in [-0.2, 0) is 0 Å². The van der Waals surface area contributed by atoms with Crippen LogP contribution in [0.5, 0.6) is 5.75 Å². The predicted molar refractivity (Wildman–Crippen MR) is 82.7 cm³/mol. The van der Waals surface area contributed by atoms with Gasteiger partial charge in [0.05, 0.1) is 5.39 Å². The molecule has 2 aromatic rings. The molecule has 3 rings (SSSR count). The van der Waals surface area contributed by atoms with Crippen LogP contribution < -0.4 is 10.1 Å². The highest BCUT2D eigenvalue weighted by Crippen LogP contribution is 2.28. The number of aliphatic hydroxyl groups is 1. The highest BCUT2D eigenvalue weighted by Gasteiger charge is 2.16. The van der Waals surface area contributed by atoms with E-state index in [1.165, 1.54) is 25.7 Å². The molecule has 0 bridgehead atoms. The lowest BCUT2D eigenvalue weighted by Gasteiger charge is -2.16. The fraction of sp³-hybridized carbons (Fsp3) is 0.529. The van der Waals surface area contributed by atoms with Crippen molar-refractivity contribution in [2.24, 2.45) is 0 Å². The van der Waals surface area contributed by atoms with Crippen LogP contribution in [0, 0.1) is 6.92 Å². The number of ether oxygens (including phenoxy) is 1. The van der Waals surface area contributed by atoms with E-state index in [0.29, 0.717) is 19.2 Å². The van der Waals surface area contributed by atoms with Gasteiger partial charge in [-0.25, -0.2) is 0 Å². The summed E-state index contributed by atoms with van der Waals surface area (Å²) in [6.45, 7) is 2.80. The zero-order valence-corrected chi connectivity index (χ0v) is 12.5. The zero-order chi connectivity index (χ0) is 14.7. The van der Waals surface area contributed by atoms with Gasteiger partial charge in [-0.15, -0.1) is 0 Å². The Morgan fingerprint density at radius 3 is 3.00 bits per heavy atom. The van der Waals surface area contributed by atoms with Gasteiger partial charge in [-0.2, -0.15) is 0 Å². The Hall–Kier alpha value is -1.52. The summed E-state index contributed by atoms with van der Waals surface area (Å²) in [6.07, 6.45) is 4.55. The van der Waals surface area contributed by atoms with Gasteiger partial charge in [-0.3, -0.25) is 0 Å². The first kappa shape index (κ1) is 14.4. The summed E-state index contributed by atoms with van der Waals surface area (Å²) in [5.74, 6) is 1.63. The molecule has 1 aliphatic carbocycles. The number of fused-ring (bicyclic) bond motifs is 1. The standard InChI is InChI=1S/C17H23NO3/c1-12-9-15-16(7-4-8-17(15)21-12)20-11-14(19)10-18-13-5-2-3-6-13/h4,7-9,13-14,18-19H,2-3,5-6,10-11H2,1H3. The molecular formula is C17H23NO3. The van der Waals surface area contributed by atoms with Crippen molar-refractivity contribution in [3.05, 3.63) is 30.0 Å². The molecule has 1 fully saturated rings. The second kappa shape index (κ2) is 6.50. The molecule has 0 radical (unpaired) electrons. The minimum atomic E-state index is -0.492. The van der Waals surface area contributed by atoms with Crippen LogP contribution in [0.3, 0.4) is 0 Å². The molecule has 1 heterocycles. The zero-order valence-electron chi connectivity index (χ0n) is 12.5. The predicted octanol–water partition coefficient (Wildman–Crippen LogP) is 3.01. The van der Waals surface area contributed by atoms with E-state index in [9.17, 15) is 5.11 Å². The van der Waals surface area contributed by atoms with Gasteiger partial charge in [-0.05, 0) is 38.0 Å². The first-order valence-electron chi connectivity index (χ1n) is 7.76. The Balaban J connectivity index is 1.53. The van der Waals surface area contributed by atoms with E-state index >= 15 is 0 Å². The normalized spacial score (nSPS) is 17.4. The van der Waals surface area contributed by atoms with Crippen LogP contribution in [0.15, 0.2) is 28.7 Å². The largest absolute Gasteiger partial charge is 0.490 e. The third-order valence-electron chi connectivity index (χ3n) is 4.07. The first-order chi connectivity index (χ1) is 10.2. The van der Waals surface area contributed by atoms with E-state index in [1.54, 1.807) is 0 Å². The molecule has 1 unspecified atom stereocenters. The molecule has 4 nitrogen and oxygen atoms in total. The molecule has 0 spiro atoms. The molecule has 1 aromatic heterocycles. The van der Waals surface area contributed by atoms with Crippen molar-refractivity contribution >= 4 is 11.0 Å². The smallest absolute Gasteiger partial charge is 0.137 e. The van der Waals surface area contributed by atoms with Gasteiger partial charge in [0.1, 0.15) is 29.8 Å². The van der Waals surface area contributed by atoms with Crippen LogP contribution in [0.2, 0.25) is 0 Å². The average molecular weight is 289 g/mol. The molecule has 1 aromatic carbocycles. The molecule has 0 aliphatic heterocycles. The topological polar surface area (TPSA) is 54.6 Å². The SMILES string of the molecule is Cc1cc2c(OCC(O)CNC3CCCC3)cccc2o1. The second-order valence-electron chi connectivity index (χ2n) is 5.88. The number of aryl methyl sites for hydroxylation is 1. The Morgan fingerprint density at radius 1 is 1.38 bits per heavy atom. The molecule has 0 saturated heterocycles. The minimum Gasteiger partial charge on any atom is -0.490 e. The third-order valence-corrected chi connectivity index (χ3v) is 4.07. The lowest BCUT2D eigenvalue weighted by atomic mass is 10.2. The van der Waals surface area contributed by atoms with Gasteiger partial charge >= 0.3 is 0 Å². The highest BCUT2D eigenvalue weighted by molar-refractivity contribution is 5.84. The fourth-order valence-electron chi connectivity index (χ4n) is 2.96. The van der Waals surface area contributed by atoms with E-state index in [1.807, 2.05) is 31.2 Å². The molecular weight excluding hydrogens is 266 g/mol. The number of hydrogen-bond donors (Lipinski definition) is 2. The first-order valence-corrected chi connectivity index (χ1v) is 7.76. The molecule has 114 valence electrons. The van der Waals surface area contributed by atoms with Crippen molar-refractivity contribution in [3.8, 4) is 5.75 Å². The lowest BCUT2D eigenvalue weighted by Crippen LogP contribution is -2.36. The van der Waals surface area contributed by atoms with Crippen molar-refractivity contribution in [2.45, 2.75) is 44.8 Å². The average Bonchev–Trinajstić information content (AvgIpc) is 3.10. The van der Waals surface area contributed by atoms with Crippen molar-refractivity contribution in [3.63, 3.8) is 0 Å². The van der Waals surface area contributed by atoms with Gasteiger partial charge < -0.3 is 19.6 Å². The van der Waals surface area contributed by atoms with Crippen LogP contribution >= 0.6 is 0 Å². The van der Waals surface area contributed by atoms with E-state index < -0.39 is 6.10 Å². The molecule has 4 heteroatoms. The number of aliphatic hydroxyl groups excluding tert-OH is 1. The number of rotatable bonds is 6. The Bertz CT molecular complexity index is 587. The molecule has 0 amide bonds. The molecule has 1 saturated carbocycles. The summed E-state index contributed by atoms with van der Waals surface area (Å²) < 4.78 is 11.3. The van der Waals surface area contributed by atoms with Crippen LogP contribution in [0.1, 0.15) is 31.4 Å². The summed E-state index contributed by atoms with van der Waals surface area (Å²) in [7, 11) is 0. The minimum absolute atomic E-state index is 0.295. The second-order valence-corrected chi connectivity index (χ2v) is 5.88. The monoisotopic (exact) mass is 289 g/mol. The number of furan rings is 1.